The smallest absolute Gasteiger partial charge is 0.337 e. The Hall–Kier alpha value is -7.35. The van der Waals surface area contributed by atoms with Crippen LogP contribution in [0, 0.1) is 13.8 Å². The van der Waals surface area contributed by atoms with Gasteiger partial charge in [0.2, 0.25) is 24.2 Å². The van der Waals surface area contributed by atoms with Gasteiger partial charge in [-0.3, -0.25) is 15.1 Å². The number of aromatic hydroxyl groups is 1. The molecule has 3 aromatic heterocycles. The maximum absolute atomic E-state index is 14.0. The number of aliphatic imine (C=N–C) groups is 1. The van der Waals surface area contributed by atoms with E-state index in [1.807, 2.05) is 32.0 Å². The van der Waals surface area contributed by atoms with Crippen LogP contribution in [0.1, 0.15) is 30.4 Å². The molecule has 384 valence electrons. The number of carbonyl (C=O) groups excluding carboxylic acids is 2. The number of carboxylic acid groups (broad SMARTS) is 1. The van der Waals surface area contributed by atoms with Crippen LogP contribution in [0.15, 0.2) is 99.6 Å². The van der Waals surface area contributed by atoms with Gasteiger partial charge in [-0.15, -0.1) is 0 Å². The quantitative estimate of drug-likeness (QED) is 0.00878. The van der Waals surface area contributed by atoms with E-state index >= 15 is 0 Å². The number of benzene rings is 3. The van der Waals surface area contributed by atoms with Gasteiger partial charge in [0.1, 0.15) is 41.9 Å². The number of carbonyl (C=O) groups is 3. The van der Waals surface area contributed by atoms with E-state index in [9.17, 15) is 60.0 Å². The van der Waals surface area contributed by atoms with Crippen LogP contribution in [0.2, 0.25) is 0 Å². The van der Waals surface area contributed by atoms with Gasteiger partial charge in [-0.05, 0) is 74.7 Å². The van der Waals surface area contributed by atoms with Crippen LogP contribution < -0.4 is 31.4 Å². The molecule has 0 saturated carbocycles. The van der Waals surface area contributed by atoms with Gasteiger partial charge < -0.3 is 85.1 Å². The number of aromatic nitrogens is 2. The Kier molecular flexibility index (Phi) is 15.7. The third-order valence-electron chi connectivity index (χ3n) is 12.5. The fraction of sp³-hybridized carbons (Fsp3) is 0.367. The molecule has 1 fully saturated rings. The number of guanidine groups is 1. The summed E-state index contributed by atoms with van der Waals surface area (Å²) in [5.41, 5.74) is -0.441. The molecule has 72 heavy (non-hydrogen) atoms. The number of nitrogens with two attached hydrogens (primary N) is 1. The summed E-state index contributed by atoms with van der Waals surface area (Å²) in [7, 11) is 1.16. The first kappa shape index (κ1) is 52.5. The highest BCUT2D eigenvalue weighted by Crippen LogP contribution is 2.47. The topological polar surface area (TPSA) is 363 Å². The Balaban J connectivity index is 1.46. The molecular weight excluding hydrogens is 945 g/mol. The van der Waals surface area contributed by atoms with Crippen molar-refractivity contribution in [3.63, 3.8) is 0 Å². The molecule has 0 aliphatic carbocycles. The minimum absolute atomic E-state index is 0.0269. The molecule has 0 radical (unpaired) electrons. The van der Waals surface area contributed by atoms with Gasteiger partial charge in [-0.25, -0.2) is 9.59 Å². The normalized spacial score (nSPS) is 22.0. The van der Waals surface area contributed by atoms with Crippen LogP contribution in [-0.4, -0.2) is 156 Å². The number of aldehydes is 1. The average Bonchev–Trinajstić information content (AvgIpc) is 3.95. The first-order valence-electron chi connectivity index (χ1n) is 22.6. The lowest BCUT2D eigenvalue weighted by atomic mass is 9.66. The second-order valence-electron chi connectivity index (χ2n) is 17.4. The van der Waals surface area contributed by atoms with Gasteiger partial charge in [-0.2, -0.15) is 4.73 Å². The lowest BCUT2D eigenvalue weighted by molar-refractivity contribution is -0.400. The van der Waals surface area contributed by atoms with Crippen molar-refractivity contribution in [1.82, 2.24) is 20.3 Å². The van der Waals surface area contributed by atoms with Crippen LogP contribution in [0.3, 0.4) is 0 Å². The van der Waals surface area contributed by atoms with Gasteiger partial charge >= 0.3 is 11.9 Å². The highest BCUT2D eigenvalue weighted by Gasteiger charge is 2.75. The number of hydrogen-bond acceptors (Lipinski definition) is 18. The lowest BCUT2D eigenvalue weighted by Gasteiger charge is -2.59. The summed E-state index contributed by atoms with van der Waals surface area (Å²) in [5.74, 6) is -4.35. The molecule has 1 aliphatic rings. The minimum atomic E-state index is -3.41. The lowest BCUT2D eigenvalue weighted by Crippen LogP contribution is -2.86. The molecule has 8 atom stereocenters. The zero-order valence-corrected chi connectivity index (χ0v) is 39.2. The first-order valence-corrected chi connectivity index (χ1v) is 22.6. The first-order chi connectivity index (χ1) is 34.4. The summed E-state index contributed by atoms with van der Waals surface area (Å²) in [4.78, 5) is 65.1. The molecule has 0 spiro atoms. The summed E-state index contributed by atoms with van der Waals surface area (Å²) in [6, 6.07) is 14.8. The number of aryl methyl sites for hydroxylation is 2. The van der Waals surface area contributed by atoms with Crippen molar-refractivity contribution in [2.24, 2.45) is 10.7 Å². The summed E-state index contributed by atoms with van der Waals surface area (Å²) < 4.78 is 25.8. The van der Waals surface area contributed by atoms with Crippen LogP contribution in [-0.2, 0) is 23.9 Å². The third-order valence-corrected chi connectivity index (χ3v) is 12.5. The number of aliphatic hydroxyl groups is 6. The molecule has 8 unspecified atom stereocenters. The van der Waals surface area contributed by atoms with E-state index in [-0.39, 0.29) is 47.4 Å². The number of aromatic amines is 1. The fourth-order valence-corrected chi connectivity index (χ4v) is 9.00. The number of hydrogen-bond donors (Lipinski definition) is 12. The standard InChI is InChI=1S/C49H56N6O17/c1-26-18-27(2)20-30(19-26)39-37-29(13-15-53-37)22-55(39)72-41-44(69-32-11-12-33-35(21-32)68-23-34(40(33)62)28-7-9-31(60)10-8-28)70-45(47(66,24-58)49(41,67)36(61)6-4-16-56)48(25-59,54-46(50)51-3)71-43(65)38(42(63)64)52-14-5-17-57/h7-13,15,17-23,36,38,41,44-45,52-53,56,58-61,66-67H,4-6,14,16,24-25H2,1-3H3,(H,63,64)(H3,50,51,54). The average molecular weight is 1000 g/mol. The number of carboxylic acids is 1. The maximum Gasteiger partial charge on any atom is 0.337 e. The van der Waals surface area contributed by atoms with Gasteiger partial charge in [0.25, 0.3) is 0 Å². The number of ether oxygens (including phenoxy) is 3. The molecule has 23 heteroatoms. The summed E-state index contributed by atoms with van der Waals surface area (Å²) in [6.07, 6.45) is -5.42. The number of aliphatic hydroxyl groups excluding tert-OH is 4. The minimum Gasteiger partial charge on any atom is -0.508 e. The number of phenols is 1. The molecule has 0 amide bonds. The van der Waals surface area contributed by atoms with Crippen LogP contribution in [0.5, 0.6) is 11.5 Å². The molecule has 13 N–H and O–H groups in total. The van der Waals surface area contributed by atoms with Crippen molar-refractivity contribution in [3.8, 4) is 33.9 Å². The molecule has 1 aliphatic heterocycles. The second kappa shape index (κ2) is 21.6. The van der Waals surface area contributed by atoms with Crippen molar-refractivity contribution in [1.29, 1.82) is 0 Å². The van der Waals surface area contributed by atoms with E-state index in [0.29, 0.717) is 34.0 Å². The Labute approximate surface area is 409 Å². The molecule has 6 aromatic rings. The van der Waals surface area contributed by atoms with Crippen molar-refractivity contribution >= 4 is 46.1 Å². The predicted octanol–water partition coefficient (Wildman–Crippen LogP) is 0.319. The van der Waals surface area contributed by atoms with E-state index in [1.54, 1.807) is 12.3 Å². The Morgan fingerprint density at radius 2 is 1.76 bits per heavy atom. The van der Waals surface area contributed by atoms with Gasteiger partial charge in [0.05, 0.1) is 35.4 Å². The van der Waals surface area contributed by atoms with Gasteiger partial charge in [-0.1, -0.05) is 29.3 Å². The Morgan fingerprint density at radius 3 is 2.40 bits per heavy atom. The highest BCUT2D eigenvalue weighted by atomic mass is 16.8. The number of aliphatic carboxylic acids is 1. The van der Waals surface area contributed by atoms with Crippen LogP contribution in [0.4, 0.5) is 0 Å². The molecule has 7 rings (SSSR count). The fourth-order valence-electron chi connectivity index (χ4n) is 9.00. The number of phenolic OH excluding ortho intramolecular Hbond substituents is 1. The largest absolute Gasteiger partial charge is 0.508 e. The Bertz CT molecular complexity index is 2990. The van der Waals surface area contributed by atoms with Crippen molar-refractivity contribution in [3.05, 3.63) is 107 Å². The van der Waals surface area contributed by atoms with Crippen molar-refractivity contribution in [2.75, 3.05) is 33.4 Å². The zero-order valence-electron chi connectivity index (χ0n) is 39.2. The third kappa shape index (κ3) is 9.96. The van der Waals surface area contributed by atoms with E-state index in [4.69, 9.17) is 29.2 Å². The SMILES string of the molecule is CN=C(N)NC(CO)(OC(=O)C(NCCC=O)C(=O)O)C1OC(Oc2ccc3c(=O)c(-c4ccc(O)cc4)coc3c2)C(On2cc3cc[nH]c3c2-c2cc(C)cc(C)c2)C(O)(C(O)CCCO)C1(O)CO. The zero-order chi connectivity index (χ0) is 52.1. The predicted molar refractivity (Wildman–Crippen MR) is 256 cm³/mol. The summed E-state index contributed by atoms with van der Waals surface area (Å²) in [5, 5.41) is 97.2. The second-order valence-corrected chi connectivity index (χ2v) is 17.4. The Morgan fingerprint density at radius 1 is 1.04 bits per heavy atom. The maximum atomic E-state index is 14.0. The molecule has 4 heterocycles. The monoisotopic (exact) mass is 1000 g/mol. The highest BCUT2D eigenvalue weighted by molar-refractivity contribution is 5.98. The van der Waals surface area contributed by atoms with Crippen molar-refractivity contribution in [2.45, 2.75) is 80.7 Å². The molecule has 1 saturated heterocycles. The van der Waals surface area contributed by atoms with Crippen molar-refractivity contribution < 1.29 is 78.7 Å². The molecule has 3 aromatic carbocycles. The summed E-state index contributed by atoms with van der Waals surface area (Å²) in [6.45, 7) is -0.269. The van der Waals surface area contributed by atoms with Crippen LogP contribution >= 0.6 is 0 Å². The molecule has 0 bridgehead atoms. The van der Waals surface area contributed by atoms with Gasteiger partial charge in [0, 0.05) is 49.8 Å². The summed E-state index contributed by atoms with van der Waals surface area (Å²) >= 11 is 0. The molecular formula is C49H56N6O17. The number of esters is 1. The number of nitrogens with one attached hydrogen (secondary N) is 3. The van der Waals surface area contributed by atoms with E-state index in [0.717, 1.165) is 18.2 Å². The van der Waals surface area contributed by atoms with E-state index in [2.05, 4.69) is 20.6 Å². The van der Waals surface area contributed by atoms with E-state index in [1.165, 1.54) is 59.7 Å². The molecule has 23 nitrogen and oxygen atoms in total. The number of fused-ring (bicyclic) bond motifs is 2. The number of H-pyrrole nitrogens is 1. The van der Waals surface area contributed by atoms with Crippen LogP contribution in [0.25, 0.3) is 44.3 Å². The van der Waals surface area contributed by atoms with E-state index < -0.39 is 97.1 Å². The number of rotatable bonds is 21. The number of nitrogens with zero attached hydrogens (tertiary/aromatic N) is 2. The van der Waals surface area contributed by atoms with Gasteiger partial charge in [0.15, 0.2) is 28.7 Å².